The van der Waals surface area contributed by atoms with Crippen LogP contribution in [0.4, 0.5) is 0 Å². The van der Waals surface area contributed by atoms with Crippen LogP contribution >= 0.6 is 0 Å². The van der Waals surface area contributed by atoms with Crippen LogP contribution in [-0.4, -0.2) is 31.6 Å². The van der Waals surface area contributed by atoms with E-state index in [2.05, 4.69) is 24.8 Å². The number of ether oxygens (including phenoxy) is 1. The number of rotatable bonds is 5. The molecule has 1 unspecified atom stereocenters. The molecule has 1 heterocycles. The Kier molecular flexibility index (Phi) is 5.06. The average Bonchev–Trinajstić information content (AvgIpc) is 2.50. The van der Waals surface area contributed by atoms with Gasteiger partial charge in [0.25, 0.3) is 0 Å². The number of benzene rings is 1. The summed E-state index contributed by atoms with van der Waals surface area (Å²) >= 11 is 0. The van der Waals surface area contributed by atoms with E-state index in [4.69, 9.17) is 10.5 Å². The molecule has 0 radical (unpaired) electrons. The van der Waals surface area contributed by atoms with Crippen molar-refractivity contribution >= 4 is 0 Å². The van der Waals surface area contributed by atoms with Gasteiger partial charge in [0.1, 0.15) is 5.75 Å². The molecule has 0 aromatic heterocycles. The van der Waals surface area contributed by atoms with Crippen LogP contribution in [-0.2, 0) is 0 Å². The molecule has 1 aromatic carbocycles. The van der Waals surface area contributed by atoms with E-state index in [1.54, 1.807) is 7.11 Å². The maximum atomic E-state index is 6.35. The van der Waals surface area contributed by atoms with Crippen molar-refractivity contribution in [1.29, 1.82) is 0 Å². The first-order chi connectivity index (χ1) is 9.56. The highest BCUT2D eigenvalue weighted by Gasteiger charge is 2.28. The summed E-state index contributed by atoms with van der Waals surface area (Å²) < 4.78 is 5.27. The van der Waals surface area contributed by atoms with Crippen LogP contribution in [0.1, 0.15) is 44.7 Å². The second-order valence-corrected chi connectivity index (χ2v) is 6.35. The van der Waals surface area contributed by atoms with Crippen molar-refractivity contribution < 1.29 is 4.74 Å². The van der Waals surface area contributed by atoms with Crippen LogP contribution in [0.25, 0.3) is 0 Å². The lowest BCUT2D eigenvalue weighted by Crippen LogP contribution is -2.41. The van der Waals surface area contributed by atoms with E-state index in [9.17, 15) is 0 Å². The van der Waals surface area contributed by atoms with Gasteiger partial charge in [-0.15, -0.1) is 0 Å². The van der Waals surface area contributed by atoms with Crippen LogP contribution in [0, 0.1) is 5.41 Å². The minimum atomic E-state index is 0.0658. The zero-order chi connectivity index (χ0) is 14.6. The topological polar surface area (TPSA) is 38.5 Å². The van der Waals surface area contributed by atoms with E-state index in [1.807, 2.05) is 18.2 Å². The van der Waals surface area contributed by atoms with E-state index < -0.39 is 0 Å². The molecule has 20 heavy (non-hydrogen) atoms. The van der Waals surface area contributed by atoms with Crippen molar-refractivity contribution in [1.82, 2.24) is 4.90 Å². The normalized spacial score (nSPS) is 20.6. The van der Waals surface area contributed by atoms with Gasteiger partial charge in [-0.25, -0.2) is 0 Å². The van der Waals surface area contributed by atoms with Gasteiger partial charge >= 0.3 is 0 Å². The smallest absolute Gasteiger partial charge is 0.119 e. The van der Waals surface area contributed by atoms with Gasteiger partial charge < -0.3 is 15.4 Å². The molecule has 112 valence electrons. The molecular formula is C17H28N2O. The molecule has 1 fully saturated rings. The summed E-state index contributed by atoms with van der Waals surface area (Å²) in [5.41, 5.74) is 8.05. The van der Waals surface area contributed by atoms with Crippen LogP contribution in [0.3, 0.4) is 0 Å². The Balaban J connectivity index is 1.90. The molecule has 1 aliphatic rings. The third-order valence-corrected chi connectivity index (χ3v) is 4.89. The largest absolute Gasteiger partial charge is 0.497 e. The summed E-state index contributed by atoms with van der Waals surface area (Å²) in [4.78, 5) is 2.50. The number of methoxy groups -OCH3 is 1. The van der Waals surface area contributed by atoms with Gasteiger partial charge in [0.2, 0.25) is 0 Å². The molecule has 3 heteroatoms. The Bertz CT molecular complexity index is 425. The van der Waals surface area contributed by atoms with Gasteiger partial charge in [0.15, 0.2) is 0 Å². The quantitative estimate of drug-likeness (QED) is 0.897. The lowest BCUT2D eigenvalue weighted by molar-refractivity contribution is 0.110. The third-order valence-electron chi connectivity index (χ3n) is 4.89. The monoisotopic (exact) mass is 276 g/mol. The number of nitrogens with two attached hydrogens (primary N) is 1. The lowest BCUT2D eigenvalue weighted by Gasteiger charge is -2.39. The van der Waals surface area contributed by atoms with Gasteiger partial charge in [-0.05, 0) is 49.0 Å². The molecule has 0 saturated carbocycles. The summed E-state index contributed by atoms with van der Waals surface area (Å²) in [6, 6.07) is 8.18. The number of likely N-dealkylation sites (tertiary alicyclic amines) is 1. The number of nitrogens with zero attached hydrogens (tertiary/aromatic N) is 1. The number of hydrogen-bond acceptors (Lipinski definition) is 3. The third kappa shape index (κ3) is 3.74. The maximum absolute atomic E-state index is 6.35. The molecular weight excluding hydrogens is 248 g/mol. The van der Waals surface area contributed by atoms with Gasteiger partial charge in [-0.2, -0.15) is 0 Å². The standard InChI is InChI=1S/C17H28N2O/c1-4-17(2)8-10-19(11-9-17)13-16(18)14-6-5-7-15(12-14)20-3/h5-7,12,16H,4,8-11,13,18H2,1-3H3. The van der Waals surface area contributed by atoms with Crippen molar-refractivity contribution in [2.24, 2.45) is 11.1 Å². The molecule has 2 rings (SSSR count). The Morgan fingerprint density at radius 3 is 2.65 bits per heavy atom. The summed E-state index contributed by atoms with van der Waals surface area (Å²) in [6.07, 6.45) is 3.85. The van der Waals surface area contributed by atoms with Crippen LogP contribution < -0.4 is 10.5 Å². The van der Waals surface area contributed by atoms with E-state index >= 15 is 0 Å². The zero-order valence-corrected chi connectivity index (χ0v) is 13.1. The number of piperidine rings is 1. The van der Waals surface area contributed by atoms with Crippen molar-refractivity contribution in [2.75, 3.05) is 26.7 Å². The summed E-state index contributed by atoms with van der Waals surface area (Å²) in [5.74, 6) is 0.884. The second kappa shape index (κ2) is 6.59. The van der Waals surface area contributed by atoms with Crippen molar-refractivity contribution in [3.8, 4) is 5.75 Å². The predicted octanol–water partition coefficient (Wildman–Crippen LogP) is 3.21. The fourth-order valence-electron chi connectivity index (χ4n) is 2.88. The molecule has 1 aliphatic heterocycles. The minimum absolute atomic E-state index is 0.0658. The Morgan fingerprint density at radius 2 is 2.05 bits per heavy atom. The Labute approximate surface area is 123 Å². The first-order valence-electron chi connectivity index (χ1n) is 7.68. The molecule has 0 aliphatic carbocycles. The second-order valence-electron chi connectivity index (χ2n) is 6.35. The predicted molar refractivity (Wildman–Crippen MR) is 84.0 cm³/mol. The molecule has 1 aromatic rings. The van der Waals surface area contributed by atoms with Gasteiger partial charge in [0.05, 0.1) is 7.11 Å². The van der Waals surface area contributed by atoms with Gasteiger partial charge in [0, 0.05) is 12.6 Å². The Hall–Kier alpha value is -1.06. The lowest BCUT2D eigenvalue weighted by atomic mass is 9.78. The summed E-state index contributed by atoms with van der Waals surface area (Å²) in [6.45, 7) is 7.99. The van der Waals surface area contributed by atoms with Gasteiger partial charge in [-0.3, -0.25) is 0 Å². The first kappa shape index (κ1) is 15.3. The van der Waals surface area contributed by atoms with E-state index in [0.717, 1.165) is 17.9 Å². The van der Waals surface area contributed by atoms with Crippen molar-refractivity contribution in [3.63, 3.8) is 0 Å². The van der Waals surface area contributed by atoms with Crippen molar-refractivity contribution in [2.45, 2.75) is 39.2 Å². The minimum Gasteiger partial charge on any atom is -0.497 e. The van der Waals surface area contributed by atoms with Crippen LogP contribution in [0.15, 0.2) is 24.3 Å². The van der Waals surface area contributed by atoms with Crippen LogP contribution in [0.2, 0.25) is 0 Å². The highest BCUT2D eigenvalue weighted by molar-refractivity contribution is 5.30. The maximum Gasteiger partial charge on any atom is 0.119 e. The highest BCUT2D eigenvalue weighted by Crippen LogP contribution is 2.34. The molecule has 0 amide bonds. The van der Waals surface area contributed by atoms with E-state index in [1.165, 1.54) is 32.4 Å². The first-order valence-corrected chi connectivity index (χ1v) is 7.68. The zero-order valence-electron chi connectivity index (χ0n) is 13.1. The van der Waals surface area contributed by atoms with Crippen LogP contribution in [0.5, 0.6) is 5.75 Å². The van der Waals surface area contributed by atoms with Crippen molar-refractivity contribution in [3.05, 3.63) is 29.8 Å². The number of hydrogen-bond donors (Lipinski definition) is 1. The molecule has 1 atom stereocenters. The molecule has 3 nitrogen and oxygen atoms in total. The molecule has 2 N–H and O–H groups in total. The molecule has 1 saturated heterocycles. The highest BCUT2D eigenvalue weighted by atomic mass is 16.5. The molecule has 0 bridgehead atoms. The average molecular weight is 276 g/mol. The summed E-state index contributed by atoms with van der Waals surface area (Å²) in [5, 5.41) is 0. The van der Waals surface area contributed by atoms with E-state index in [0.29, 0.717) is 5.41 Å². The SMILES string of the molecule is CCC1(C)CCN(CC(N)c2cccc(OC)c2)CC1. The summed E-state index contributed by atoms with van der Waals surface area (Å²) in [7, 11) is 1.70. The fourth-order valence-corrected chi connectivity index (χ4v) is 2.88. The molecule has 0 spiro atoms. The van der Waals surface area contributed by atoms with Gasteiger partial charge in [-0.1, -0.05) is 32.4 Å². The Morgan fingerprint density at radius 1 is 1.35 bits per heavy atom. The fraction of sp³-hybridized carbons (Fsp3) is 0.647. The van der Waals surface area contributed by atoms with E-state index in [-0.39, 0.29) is 6.04 Å².